The number of hydrogen-bond donors (Lipinski definition) is 8. The standard InChI is InChI=1S/C111H125N9O6/c1-64-46-84(47-65(2)94(64)112)108(38-21-17-22-39-108)86-50-68(5)96(69(6)51-86)115-102(121)80-32-29-34-82(62-80)104(123)117-98-72(9)54-88(55-73(98)10)110(42-25-19-26-43-110)90-58-76(13)100(77(14)59-90)119-106(125)92-36-31-37-93(114-92)107(126)120-101-78(15)60-91(61-79(101)16)111(44-27-20-28-45-111)89-56-74(11)99(75(12)57-89)118-105(124)83-35-30-33-81(63-83)103(122)116-97-70(7)52-87(53-71(97)8)109(40-23-18-24-41-109)85-48-66(3)95(113)67(4)49-85/h29-37,46-63H,17-28,38-45,112-113H2,1-16H3,(H,115,121)(H,116,122)(H,117,123)(H,118,124)(H,119,125)(H,120,126). The van der Waals surface area contributed by atoms with Crippen molar-refractivity contribution in [3.8, 4) is 0 Å². The molecule has 1 aromatic heterocycles. The molecular weight excluding hydrogens is 1560 g/mol. The number of aryl methyl sites for hydroxylation is 16. The number of carbonyl (C=O) groups excluding carboxylic acids is 6. The predicted octanol–water partition coefficient (Wildman–Crippen LogP) is 25.7. The van der Waals surface area contributed by atoms with E-state index in [-0.39, 0.29) is 56.7 Å². The van der Waals surface area contributed by atoms with Gasteiger partial charge in [0.05, 0.1) is 0 Å². The maximum atomic E-state index is 14.5. The Morgan fingerprint density at radius 2 is 0.381 bits per heavy atom. The van der Waals surface area contributed by atoms with Gasteiger partial charge in [-0.2, -0.15) is 0 Å². The lowest BCUT2D eigenvalue weighted by atomic mass is 9.64. The lowest BCUT2D eigenvalue weighted by Crippen LogP contribution is -2.31. The second-order valence-corrected chi connectivity index (χ2v) is 37.8. The number of nitrogens with one attached hydrogen (secondary N) is 6. The number of hydrogen-bond acceptors (Lipinski definition) is 9. The van der Waals surface area contributed by atoms with Crippen LogP contribution in [0.25, 0.3) is 0 Å². The molecule has 0 unspecified atom stereocenters. The molecule has 11 aromatic rings. The molecular formula is C111H125N9O6. The van der Waals surface area contributed by atoms with Crippen molar-refractivity contribution in [2.24, 2.45) is 0 Å². The number of aromatic nitrogens is 1. The van der Waals surface area contributed by atoms with E-state index in [0.29, 0.717) is 33.6 Å². The summed E-state index contributed by atoms with van der Waals surface area (Å²) in [5.74, 6) is -2.05. The summed E-state index contributed by atoms with van der Waals surface area (Å²) in [5.41, 5.74) is 45.3. The highest BCUT2D eigenvalue weighted by molar-refractivity contribution is 6.12. The van der Waals surface area contributed by atoms with Gasteiger partial charge in [-0.3, -0.25) is 28.8 Å². The molecule has 15 heteroatoms. The highest BCUT2D eigenvalue weighted by Gasteiger charge is 2.42. The first kappa shape index (κ1) is 88.6. The zero-order valence-corrected chi connectivity index (χ0v) is 76.8. The Morgan fingerprint density at radius 3 is 0.563 bits per heavy atom. The van der Waals surface area contributed by atoms with Gasteiger partial charge in [-0.15, -0.1) is 0 Å². The number of nitrogen functional groups attached to an aromatic ring is 2. The van der Waals surface area contributed by atoms with Gasteiger partial charge in [0.2, 0.25) is 0 Å². The topological polar surface area (TPSA) is 240 Å². The van der Waals surface area contributed by atoms with Gasteiger partial charge >= 0.3 is 0 Å². The van der Waals surface area contributed by atoms with Crippen LogP contribution in [-0.4, -0.2) is 40.4 Å². The summed E-state index contributed by atoms with van der Waals surface area (Å²) in [6.07, 6.45) is 21.4. The van der Waals surface area contributed by atoms with Gasteiger partial charge in [0.1, 0.15) is 11.4 Å². The highest BCUT2D eigenvalue weighted by Crippen LogP contribution is 2.53. The number of benzene rings is 10. The summed E-state index contributed by atoms with van der Waals surface area (Å²) in [6, 6.07) is 54.6. The summed E-state index contributed by atoms with van der Waals surface area (Å²) in [5, 5.41) is 19.3. The van der Waals surface area contributed by atoms with Crippen LogP contribution in [0.15, 0.2) is 164 Å². The SMILES string of the molecule is Cc1cc(C2(c3cc(C)c(NC(=O)c4cccc(C(=O)Nc5c(C)cc(C6(c7cc(C)c(NC(=O)c8cccc(C(=O)Nc9c(C)cc(C%10(c%11cc(C)c(NC(=O)c%12cccc(C(=O)Nc%13c(C)cc(C%14(c%15cc(C)c(N)c(C)c%15)CCCCC%14)cc%13C)c%12)c(C)c%11)CCCCC%10)cc9C)n8)c(C)c7)CCCCC6)cc5C)c4)c(C)c3)CCCCC2)cc(C)c1N. The number of nitrogens with two attached hydrogens (primary N) is 2. The van der Waals surface area contributed by atoms with E-state index < -0.39 is 11.8 Å². The predicted molar refractivity (Wildman–Crippen MR) is 516 cm³/mol. The maximum absolute atomic E-state index is 14.5. The summed E-state index contributed by atoms with van der Waals surface area (Å²) < 4.78 is 0. The van der Waals surface area contributed by atoms with Crippen LogP contribution in [-0.2, 0) is 21.7 Å². The van der Waals surface area contributed by atoms with E-state index in [1.807, 2.05) is 55.4 Å². The number of pyridine rings is 1. The smallest absolute Gasteiger partial charge is 0.274 e. The van der Waals surface area contributed by atoms with Gasteiger partial charge in [0.15, 0.2) is 0 Å². The minimum Gasteiger partial charge on any atom is -0.398 e. The fourth-order valence-corrected chi connectivity index (χ4v) is 22.1. The Balaban J connectivity index is 0.590. The summed E-state index contributed by atoms with van der Waals surface area (Å²) in [7, 11) is 0. The van der Waals surface area contributed by atoms with Crippen molar-refractivity contribution < 1.29 is 28.8 Å². The molecule has 15 nitrogen and oxygen atoms in total. The number of nitrogens with zero attached hydrogens (tertiary/aromatic N) is 1. The van der Waals surface area contributed by atoms with Crippen molar-refractivity contribution in [3.05, 3.63) is 331 Å². The van der Waals surface area contributed by atoms with Crippen LogP contribution in [0.1, 0.15) is 324 Å². The Morgan fingerprint density at radius 1 is 0.222 bits per heavy atom. The molecule has 4 saturated carbocycles. The van der Waals surface area contributed by atoms with Crippen LogP contribution >= 0.6 is 0 Å². The summed E-state index contributed by atoms with van der Waals surface area (Å²) in [4.78, 5) is 90.8. The second kappa shape index (κ2) is 36.0. The van der Waals surface area contributed by atoms with Gasteiger partial charge < -0.3 is 43.4 Å². The number of amides is 6. The molecule has 4 fully saturated rings. The van der Waals surface area contributed by atoms with Crippen LogP contribution in [0.3, 0.4) is 0 Å². The van der Waals surface area contributed by atoms with Crippen molar-refractivity contribution in [1.82, 2.24) is 4.98 Å². The molecule has 0 radical (unpaired) electrons. The van der Waals surface area contributed by atoms with Gasteiger partial charge in [-0.1, -0.05) is 192 Å². The van der Waals surface area contributed by atoms with E-state index >= 15 is 0 Å². The fraction of sp³-hybridized carbons (Fsp3) is 0.360. The van der Waals surface area contributed by atoms with Crippen LogP contribution in [0.2, 0.25) is 0 Å². The van der Waals surface area contributed by atoms with Crippen LogP contribution in [0.4, 0.5) is 45.5 Å². The average Bonchev–Trinajstić information content (AvgIpc) is 0.760. The Kier molecular flexibility index (Phi) is 25.3. The number of anilines is 8. The quantitative estimate of drug-likeness (QED) is 0.0338. The lowest BCUT2D eigenvalue weighted by Gasteiger charge is -2.40. The van der Waals surface area contributed by atoms with E-state index in [2.05, 4.69) is 189 Å². The Bertz CT molecular complexity index is 5640. The molecule has 10 N–H and O–H groups in total. The molecule has 0 saturated heterocycles. The van der Waals surface area contributed by atoms with E-state index in [9.17, 15) is 28.8 Å². The van der Waals surface area contributed by atoms with Crippen molar-refractivity contribution in [3.63, 3.8) is 0 Å². The average molecular weight is 1680 g/mol. The molecule has 0 aliphatic heterocycles. The van der Waals surface area contributed by atoms with Gasteiger partial charge in [-0.25, -0.2) is 4.98 Å². The minimum atomic E-state index is -0.432. The Labute approximate surface area is 745 Å². The molecule has 10 aromatic carbocycles. The molecule has 15 rings (SSSR count). The summed E-state index contributed by atoms with van der Waals surface area (Å²) >= 11 is 0. The lowest BCUT2D eigenvalue weighted by molar-refractivity contribution is 0.100. The molecule has 650 valence electrons. The molecule has 1 heterocycles. The normalized spacial score (nSPS) is 15.8. The third-order valence-corrected chi connectivity index (χ3v) is 29.1. The fourth-order valence-electron chi connectivity index (χ4n) is 22.1. The largest absolute Gasteiger partial charge is 0.398 e. The van der Waals surface area contributed by atoms with E-state index in [1.165, 1.54) is 57.3 Å². The van der Waals surface area contributed by atoms with E-state index in [0.717, 1.165) is 239 Å². The summed E-state index contributed by atoms with van der Waals surface area (Å²) in [6.45, 7) is 32.9. The third kappa shape index (κ3) is 17.3. The highest BCUT2D eigenvalue weighted by atomic mass is 16.2. The van der Waals surface area contributed by atoms with E-state index in [1.54, 1.807) is 66.7 Å². The Hall–Kier alpha value is -12.2. The molecule has 6 amide bonds. The monoisotopic (exact) mass is 1680 g/mol. The molecule has 4 aliphatic rings. The molecule has 4 aliphatic carbocycles. The van der Waals surface area contributed by atoms with Crippen molar-refractivity contribution in [2.45, 2.75) is 261 Å². The zero-order valence-electron chi connectivity index (χ0n) is 76.8. The van der Waals surface area contributed by atoms with Crippen molar-refractivity contribution in [1.29, 1.82) is 0 Å². The first-order valence-corrected chi connectivity index (χ1v) is 45.7. The van der Waals surface area contributed by atoms with Crippen LogP contribution in [0, 0.1) is 111 Å². The van der Waals surface area contributed by atoms with Gasteiger partial charge in [0.25, 0.3) is 35.4 Å². The third-order valence-electron chi connectivity index (χ3n) is 29.1. The van der Waals surface area contributed by atoms with Crippen LogP contribution in [0.5, 0.6) is 0 Å². The van der Waals surface area contributed by atoms with Crippen molar-refractivity contribution in [2.75, 3.05) is 43.4 Å². The minimum absolute atomic E-state index is 0.108. The van der Waals surface area contributed by atoms with Gasteiger partial charge in [0, 0.05) is 89.4 Å². The molecule has 0 spiro atoms. The van der Waals surface area contributed by atoms with Gasteiger partial charge in [-0.05, 0) is 344 Å². The zero-order chi connectivity index (χ0) is 89.6. The number of carbonyl (C=O) groups is 6. The van der Waals surface area contributed by atoms with Crippen molar-refractivity contribution >= 4 is 80.9 Å². The van der Waals surface area contributed by atoms with E-state index in [4.69, 9.17) is 11.5 Å². The number of rotatable bonds is 20. The maximum Gasteiger partial charge on any atom is 0.274 e. The van der Waals surface area contributed by atoms with Crippen LogP contribution < -0.4 is 43.4 Å². The molecule has 0 bridgehead atoms. The first-order valence-electron chi connectivity index (χ1n) is 45.7. The first-order chi connectivity index (χ1) is 60.2. The second-order valence-electron chi connectivity index (χ2n) is 37.8. The molecule has 0 atom stereocenters. The molecule has 126 heavy (non-hydrogen) atoms.